The lowest BCUT2D eigenvalue weighted by Crippen LogP contribution is -2.28. The van der Waals surface area contributed by atoms with Gasteiger partial charge in [0.1, 0.15) is 0 Å². The third-order valence-electron chi connectivity index (χ3n) is 4.02. The van der Waals surface area contributed by atoms with E-state index in [0.717, 1.165) is 6.07 Å². The molecule has 0 saturated carbocycles. The molecule has 0 bridgehead atoms. The maximum atomic E-state index is 13.4. The van der Waals surface area contributed by atoms with Crippen molar-refractivity contribution in [2.75, 3.05) is 5.32 Å². The fourth-order valence-electron chi connectivity index (χ4n) is 2.70. The van der Waals surface area contributed by atoms with Gasteiger partial charge in [0.15, 0.2) is 5.11 Å². The van der Waals surface area contributed by atoms with Gasteiger partial charge in [0, 0.05) is 18.3 Å². The van der Waals surface area contributed by atoms with Gasteiger partial charge in [-0.05, 0) is 42.0 Å². The fourth-order valence-corrected chi connectivity index (χ4v) is 3.23. The summed E-state index contributed by atoms with van der Waals surface area (Å²) in [6.07, 6.45) is -3.03. The standard InChI is InChI=1S/C20H14Cl2F3N3S/c21-15-8-3-9-16(17(15)22)28-19(29)27-11-12-5-4-10-26-18(12)13-6-1-2-7-14(13)20(23,24)25/h1-10H,11H2,(H2,27,28,29). The van der Waals surface area contributed by atoms with Gasteiger partial charge in [-0.15, -0.1) is 0 Å². The first-order valence-corrected chi connectivity index (χ1v) is 9.53. The van der Waals surface area contributed by atoms with Gasteiger partial charge < -0.3 is 10.6 Å². The van der Waals surface area contributed by atoms with Gasteiger partial charge in [0.2, 0.25) is 0 Å². The Labute approximate surface area is 180 Å². The lowest BCUT2D eigenvalue weighted by atomic mass is 10.00. The molecule has 1 heterocycles. The van der Waals surface area contributed by atoms with Gasteiger partial charge >= 0.3 is 6.18 Å². The summed E-state index contributed by atoms with van der Waals surface area (Å²) in [5.41, 5.74) is 0.577. The van der Waals surface area contributed by atoms with Crippen LogP contribution in [0.3, 0.4) is 0 Å². The number of benzene rings is 2. The van der Waals surface area contributed by atoms with E-state index >= 15 is 0 Å². The van der Waals surface area contributed by atoms with Crippen molar-refractivity contribution in [3.8, 4) is 11.3 Å². The second-order valence-corrected chi connectivity index (χ2v) is 7.16. The predicted octanol–water partition coefficient (Wildman–Crippen LogP) is 6.56. The Hall–Kier alpha value is -2.35. The lowest BCUT2D eigenvalue weighted by molar-refractivity contribution is -0.137. The monoisotopic (exact) mass is 455 g/mol. The number of alkyl halides is 3. The van der Waals surface area contributed by atoms with E-state index < -0.39 is 11.7 Å². The Bertz CT molecular complexity index is 1040. The average molecular weight is 456 g/mol. The molecule has 2 N–H and O–H groups in total. The number of rotatable bonds is 4. The van der Waals surface area contributed by atoms with E-state index in [9.17, 15) is 13.2 Å². The van der Waals surface area contributed by atoms with Crippen LogP contribution < -0.4 is 10.6 Å². The maximum Gasteiger partial charge on any atom is 0.417 e. The fraction of sp³-hybridized carbons (Fsp3) is 0.100. The molecule has 0 aliphatic carbocycles. The van der Waals surface area contributed by atoms with Crippen molar-refractivity contribution in [3.63, 3.8) is 0 Å². The Morgan fingerprint density at radius 1 is 1.00 bits per heavy atom. The molecule has 1 aromatic heterocycles. The van der Waals surface area contributed by atoms with Gasteiger partial charge in [-0.3, -0.25) is 4.98 Å². The van der Waals surface area contributed by atoms with E-state index in [0.29, 0.717) is 21.3 Å². The summed E-state index contributed by atoms with van der Waals surface area (Å²) in [6.45, 7) is 0.166. The molecule has 0 saturated heterocycles. The minimum Gasteiger partial charge on any atom is -0.358 e. The van der Waals surface area contributed by atoms with Crippen LogP contribution in [-0.2, 0) is 12.7 Å². The molecular weight excluding hydrogens is 442 g/mol. The van der Waals surface area contributed by atoms with Crippen molar-refractivity contribution < 1.29 is 13.2 Å². The molecule has 3 aromatic rings. The molecule has 3 nitrogen and oxygen atoms in total. The van der Waals surface area contributed by atoms with E-state index in [4.69, 9.17) is 35.4 Å². The summed E-state index contributed by atoms with van der Waals surface area (Å²) in [6, 6.07) is 13.7. The van der Waals surface area contributed by atoms with Gasteiger partial charge in [-0.2, -0.15) is 13.2 Å². The third-order valence-corrected chi connectivity index (χ3v) is 5.08. The smallest absolute Gasteiger partial charge is 0.358 e. The van der Waals surface area contributed by atoms with Crippen LogP contribution in [0, 0.1) is 0 Å². The second kappa shape index (κ2) is 8.98. The molecule has 150 valence electrons. The van der Waals surface area contributed by atoms with Crippen molar-refractivity contribution >= 4 is 46.2 Å². The largest absolute Gasteiger partial charge is 0.417 e. The van der Waals surface area contributed by atoms with Crippen molar-refractivity contribution in [2.24, 2.45) is 0 Å². The zero-order valence-electron chi connectivity index (χ0n) is 14.7. The van der Waals surface area contributed by atoms with Crippen LogP contribution in [0.2, 0.25) is 10.0 Å². The third kappa shape index (κ3) is 5.18. The maximum absolute atomic E-state index is 13.4. The van der Waals surface area contributed by atoms with Crippen molar-refractivity contribution in [3.05, 3.63) is 82.0 Å². The minimum atomic E-state index is -4.49. The van der Waals surface area contributed by atoms with Crippen LogP contribution in [0.25, 0.3) is 11.3 Å². The Morgan fingerprint density at radius 3 is 2.52 bits per heavy atom. The van der Waals surface area contributed by atoms with Crippen LogP contribution in [0.5, 0.6) is 0 Å². The normalized spacial score (nSPS) is 11.2. The minimum absolute atomic E-state index is 0.00848. The summed E-state index contributed by atoms with van der Waals surface area (Å²) in [4.78, 5) is 4.17. The Morgan fingerprint density at radius 2 is 1.76 bits per heavy atom. The number of hydrogen-bond acceptors (Lipinski definition) is 2. The van der Waals surface area contributed by atoms with Gasteiger partial charge in [-0.1, -0.05) is 53.5 Å². The summed E-state index contributed by atoms with van der Waals surface area (Å²) in [7, 11) is 0. The Kier molecular flexibility index (Phi) is 6.62. The first-order valence-electron chi connectivity index (χ1n) is 8.36. The zero-order valence-corrected chi connectivity index (χ0v) is 17.1. The highest BCUT2D eigenvalue weighted by Gasteiger charge is 2.34. The first-order chi connectivity index (χ1) is 13.8. The lowest BCUT2D eigenvalue weighted by Gasteiger charge is -2.16. The zero-order chi connectivity index (χ0) is 21.0. The van der Waals surface area contributed by atoms with E-state index in [1.165, 1.54) is 18.3 Å². The number of pyridine rings is 1. The molecule has 0 atom stereocenters. The number of anilines is 1. The summed E-state index contributed by atoms with van der Waals surface area (Å²) in [5.74, 6) is 0. The van der Waals surface area contributed by atoms with Crippen LogP contribution in [0.15, 0.2) is 60.8 Å². The van der Waals surface area contributed by atoms with Crippen LogP contribution in [0.1, 0.15) is 11.1 Å². The predicted molar refractivity (Wildman–Crippen MR) is 114 cm³/mol. The van der Waals surface area contributed by atoms with Crippen molar-refractivity contribution in [1.29, 1.82) is 0 Å². The first kappa shape index (κ1) is 21.4. The molecule has 0 unspecified atom stereocenters. The van der Waals surface area contributed by atoms with Crippen molar-refractivity contribution in [2.45, 2.75) is 12.7 Å². The molecule has 0 amide bonds. The SMILES string of the molecule is FC(F)(F)c1ccccc1-c1ncccc1CNC(=S)Nc1cccc(Cl)c1Cl. The molecule has 0 fully saturated rings. The van der Waals surface area contributed by atoms with E-state index in [-0.39, 0.29) is 22.9 Å². The molecule has 2 aromatic carbocycles. The van der Waals surface area contributed by atoms with Crippen LogP contribution >= 0.6 is 35.4 Å². The number of nitrogens with one attached hydrogen (secondary N) is 2. The number of halogens is 5. The van der Waals surface area contributed by atoms with E-state index in [2.05, 4.69) is 15.6 Å². The number of thiocarbonyl (C=S) groups is 1. The molecule has 0 aliphatic heterocycles. The van der Waals surface area contributed by atoms with Gasteiger partial charge in [-0.25, -0.2) is 0 Å². The number of hydrogen-bond donors (Lipinski definition) is 2. The summed E-state index contributed by atoms with van der Waals surface area (Å²) < 4.78 is 40.2. The molecule has 0 radical (unpaired) electrons. The summed E-state index contributed by atoms with van der Waals surface area (Å²) in [5, 5.41) is 6.82. The molecule has 0 spiro atoms. The quantitative estimate of drug-likeness (QED) is 0.436. The van der Waals surface area contributed by atoms with Gasteiger partial charge in [0.25, 0.3) is 0 Å². The number of nitrogens with zero attached hydrogens (tertiary/aromatic N) is 1. The van der Waals surface area contributed by atoms with Crippen LogP contribution in [0.4, 0.5) is 18.9 Å². The summed E-state index contributed by atoms with van der Waals surface area (Å²) >= 11 is 17.4. The molecule has 29 heavy (non-hydrogen) atoms. The van der Waals surface area contributed by atoms with Crippen molar-refractivity contribution in [1.82, 2.24) is 10.3 Å². The second-order valence-electron chi connectivity index (χ2n) is 5.96. The molecule has 9 heteroatoms. The highest BCUT2D eigenvalue weighted by Crippen LogP contribution is 2.37. The Balaban J connectivity index is 1.81. The topological polar surface area (TPSA) is 37.0 Å². The molecular formula is C20H14Cl2F3N3S. The highest BCUT2D eigenvalue weighted by atomic mass is 35.5. The van der Waals surface area contributed by atoms with Crippen LogP contribution in [-0.4, -0.2) is 10.1 Å². The highest BCUT2D eigenvalue weighted by molar-refractivity contribution is 7.80. The average Bonchev–Trinajstić information content (AvgIpc) is 2.69. The molecule has 3 rings (SSSR count). The van der Waals surface area contributed by atoms with Gasteiger partial charge in [0.05, 0.1) is 27.0 Å². The van der Waals surface area contributed by atoms with E-state index in [1.807, 2.05) is 0 Å². The number of aromatic nitrogens is 1. The van der Waals surface area contributed by atoms with E-state index in [1.54, 1.807) is 36.4 Å². The molecule has 0 aliphatic rings.